The third-order valence-corrected chi connectivity index (χ3v) is 5.74. The third kappa shape index (κ3) is 3.48. The first-order valence-corrected chi connectivity index (χ1v) is 9.20. The van der Waals surface area contributed by atoms with E-state index < -0.39 is 0 Å². The normalized spacial score (nSPS) is 21.0. The zero-order valence-electron chi connectivity index (χ0n) is 15.4. The van der Waals surface area contributed by atoms with Gasteiger partial charge in [-0.15, -0.1) is 0 Å². The molecule has 2 unspecified atom stereocenters. The highest BCUT2D eigenvalue weighted by Gasteiger charge is 2.24. The molecule has 0 spiro atoms. The molecule has 1 saturated carbocycles. The lowest BCUT2D eigenvalue weighted by atomic mass is 9.80. The molecule has 2 heteroatoms. The lowest BCUT2D eigenvalue weighted by molar-refractivity contribution is 0.331. The lowest BCUT2D eigenvalue weighted by Gasteiger charge is -2.27. The molecule has 0 saturated heterocycles. The Hall–Kier alpha value is -1.83. The van der Waals surface area contributed by atoms with Crippen LogP contribution in [0.3, 0.4) is 0 Å². The molecular formula is C22H29NO. The van der Waals surface area contributed by atoms with Crippen LogP contribution >= 0.6 is 0 Å². The molecule has 1 heterocycles. The Morgan fingerprint density at radius 1 is 1.04 bits per heavy atom. The number of hydrogen-bond donors (Lipinski definition) is 1. The van der Waals surface area contributed by atoms with Crippen LogP contribution in [0, 0.1) is 26.7 Å². The van der Waals surface area contributed by atoms with Gasteiger partial charge >= 0.3 is 0 Å². The molecular weight excluding hydrogens is 294 g/mol. The zero-order valence-corrected chi connectivity index (χ0v) is 15.4. The van der Waals surface area contributed by atoms with Crippen LogP contribution in [0.25, 0.3) is 0 Å². The average molecular weight is 323 g/mol. The predicted octanol–water partition coefficient (Wildman–Crippen LogP) is 5.60. The number of hydrogen-bond acceptors (Lipinski definition) is 2. The SMILES string of the molecule is Cc1ccc(C)c(Cc2ccc(O)c(C3CCCC(C)C3)n2)c1C. The van der Waals surface area contributed by atoms with Crippen LogP contribution in [-0.2, 0) is 6.42 Å². The van der Waals surface area contributed by atoms with Gasteiger partial charge in [-0.2, -0.15) is 0 Å². The first kappa shape index (κ1) is 17.0. The van der Waals surface area contributed by atoms with E-state index in [9.17, 15) is 5.11 Å². The maximum absolute atomic E-state index is 10.3. The van der Waals surface area contributed by atoms with E-state index in [1.54, 1.807) is 0 Å². The van der Waals surface area contributed by atoms with Crippen molar-refractivity contribution < 1.29 is 5.11 Å². The quantitative estimate of drug-likeness (QED) is 0.798. The summed E-state index contributed by atoms with van der Waals surface area (Å²) in [4.78, 5) is 4.89. The Morgan fingerprint density at radius 2 is 1.79 bits per heavy atom. The van der Waals surface area contributed by atoms with Crippen molar-refractivity contribution in [2.75, 3.05) is 0 Å². The molecule has 1 aromatic carbocycles. The maximum atomic E-state index is 10.3. The van der Waals surface area contributed by atoms with Crippen LogP contribution < -0.4 is 0 Å². The topological polar surface area (TPSA) is 33.1 Å². The molecule has 0 radical (unpaired) electrons. The molecule has 1 aliphatic carbocycles. The number of aromatic nitrogens is 1. The molecule has 1 aliphatic rings. The second kappa shape index (κ2) is 6.96. The molecule has 128 valence electrons. The van der Waals surface area contributed by atoms with Gasteiger partial charge in [0.1, 0.15) is 5.75 Å². The minimum atomic E-state index is 0.371. The van der Waals surface area contributed by atoms with Crippen LogP contribution in [0.2, 0.25) is 0 Å². The Morgan fingerprint density at radius 3 is 2.54 bits per heavy atom. The fourth-order valence-corrected chi connectivity index (χ4v) is 4.05. The van der Waals surface area contributed by atoms with Gasteiger partial charge in [0.15, 0.2) is 0 Å². The van der Waals surface area contributed by atoms with E-state index in [4.69, 9.17) is 4.98 Å². The van der Waals surface area contributed by atoms with Gasteiger partial charge in [-0.05, 0) is 73.9 Å². The van der Waals surface area contributed by atoms with Gasteiger partial charge in [0.05, 0.1) is 5.69 Å². The Balaban J connectivity index is 1.90. The highest BCUT2D eigenvalue weighted by Crippen LogP contribution is 2.38. The number of benzene rings is 1. The van der Waals surface area contributed by atoms with Crippen molar-refractivity contribution in [3.05, 3.63) is 57.9 Å². The van der Waals surface area contributed by atoms with Gasteiger partial charge in [0.25, 0.3) is 0 Å². The summed E-state index contributed by atoms with van der Waals surface area (Å²) in [5.74, 6) is 1.51. The van der Waals surface area contributed by atoms with Crippen LogP contribution in [0.15, 0.2) is 24.3 Å². The number of aryl methyl sites for hydroxylation is 2. The lowest BCUT2D eigenvalue weighted by Crippen LogP contribution is -2.14. The van der Waals surface area contributed by atoms with Gasteiger partial charge in [-0.3, -0.25) is 4.98 Å². The smallest absolute Gasteiger partial charge is 0.137 e. The van der Waals surface area contributed by atoms with E-state index in [1.165, 1.54) is 35.1 Å². The Kier molecular flexibility index (Phi) is 4.93. The highest BCUT2D eigenvalue weighted by molar-refractivity contribution is 5.42. The van der Waals surface area contributed by atoms with E-state index >= 15 is 0 Å². The van der Waals surface area contributed by atoms with Crippen molar-refractivity contribution in [2.24, 2.45) is 5.92 Å². The highest BCUT2D eigenvalue weighted by atomic mass is 16.3. The molecule has 0 amide bonds. The number of aromatic hydroxyl groups is 1. The summed E-state index contributed by atoms with van der Waals surface area (Å²) in [6.07, 6.45) is 5.68. The van der Waals surface area contributed by atoms with E-state index in [0.717, 1.165) is 36.6 Å². The standard InChI is InChI=1S/C22H29NO/c1-14-6-5-7-18(12-14)22-21(24)11-10-19(23-22)13-20-16(3)9-8-15(2)17(20)4/h8-11,14,18,24H,5-7,12-13H2,1-4H3. The first-order valence-electron chi connectivity index (χ1n) is 9.20. The van der Waals surface area contributed by atoms with Gasteiger partial charge in [-0.25, -0.2) is 0 Å². The molecule has 1 fully saturated rings. The summed E-state index contributed by atoms with van der Waals surface area (Å²) in [7, 11) is 0. The van der Waals surface area contributed by atoms with Crippen LogP contribution in [0.5, 0.6) is 5.75 Å². The van der Waals surface area contributed by atoms with Crippen molar-refractivity contribution in [2.45, 2.75) is 65.7 Å². The summed E-state index contributed by atoms with van der Waals surface area (Å²) in [6.45, 7) is 8.84. The number of nitrogens with zero attached hydrogens (tertiary/aromatic N) is 1. The van der Waals surface area contributed by atoms with Crippen LogP contribution in [0.1, 0.15) is 72.2 Å². The third-order valence-electron chi connectivity index (χ3n) is 5.74. The van der Waals surface area contributed by atoms with Crippen molar-refractivity contribution in [1.29, 1.82) is 0 Å². The minimum Gasteiger partial charge on any atom is -0.506 e. The molecule has 1 aromatic heterocycles. The molecule has 3 rings (SSSR count). The summed E-state index contributed by atoms with van der Waals surface area (Å²) >= 11 is 0. The van der Waals surface area contributed by atoms with E-state index in [-0.39, 0.29) is 0 Å². The first-order chi connectivity index (χ1) is 11.5. The number of rotatable bonds is 3. The fourth-order valence-electron chi connectivity index (χ4n) is 4.05. The largest absolute Gasteiger partial charge is 0.506 e. The van der Waals surface area contributed by atoms with Crippen LogP contribution in [0.4, 0.5) is 0 Å². The zero-order chi connectivity index (χ0) is 17.3. The second-order valence-corrected chi connectivity index (χ2v) is 7.66. The van der Waals surface area contributed by atoms with Gasteiger partial charge < -0.3 is 5.11 Å². The minimum absolute atomic E-state index is 0.371. The molecule has 2 nitrogen and oxygen atoms in total. The van der Waals surface area contributed by atoms with E-state index in [2.05, 4.69) is 39.8 Å². The monoisotopic (exact) mass is 323 g/mol. The van der Waals surface area contributed by atoms with Gasteiger partial charge in [0.2, 0.25) is 0 Å². The van der Waals surface area contributed by atoms with E-state index in [1.807, 2.05) is 12.1 Å². The average Bonchev–Trinajstić information content (AvgIpc) is 2.56. The van der Waals surface area contributed by atoms with Crippen molar-refractivity contribution in [3.8, 4) is 5.75 Å². The molecule has 1 N–H and O–H groups in total. The van der Waals surface area contributed by atoms with Gasteiger partial charge in [-0.1, -0.05) is 31.9 Å². The molecule has 2 atom stereocenters. The Bertz CT molecular complexity index is 735. The van der Waals surface area contributed by atoms with Crippen LogP contribution in [-0.4, -0.2) is 10.1 Å². The molecule has 0 bridgehead atoms. The summed E-state index contributed by atoms with van der Waals surface area (Å²) in [6, 6.07) is 8.21. The molecule has 24 heavy (non-hydrogen) atoms. The summed E-state index contributed by atoms with van der Waals surface area (Å²) in [5, 5.41) is 10.3. The number of pyridine rings is 1. The molecule has 2 aromatic rings. The summed E-state index contributed by atoms with van der Waals surface area (Å²) in [5.41, 5.74) is 7.37. The van der Waals surface area contributed by atoms with Gasteiger partial charge in [0, 0.05) is 18.0 Å². The van der Waals surface area contributed by atoms with Crippen molar-refractivity contribution in [3.63, 3.8) is 0 Å². The van der Waals surface area contributed by atoms with Crippen molar-refractivity contribution in [1.82, 2.24) is 4.98 Å². The maximum Gasteiger partial charge on any atom is 0.137 e. The fraction of sp³-hybridized carbons (Fsp3) is 0.500. The Labute approximate surface area is 146 Å². The molecule has 0 aliphatic heterocycles. The predicted molar refractivity (Wildman–Crippen MR) is 99.7 cm³/mol. The van der Waals surface area contributed by atoms with E-state index in [0.29, 0.717) is 11.7 Å². The second-order valence-electron chi connectivity index (χ2n) is 7.66. The summed E-state index contributed by atoms with van der Waals surface area (Å²) < 4.78 is 0. The van der Waals surface area contributed by atoms with Crippen molar-refractivity contribution >= 4 is 0 Å².